The molecule has 22 heavy (non-hydrogen) atoms. The summed E-state index contributed by atoms with van der Waals surface area (Å²) in [7, 11) is 0. The standard InChI is InChI=1S/C18H25N3O/c1-12-5-4-8-16(22-14-6-2-3-7-14)17-15(12)11-19-18(21-17)20-13-9-10-13/h8,11-14H,2-7,9-10H2,1H3,(H,19,20,21). The van der Waals surface area contributed by atoms with Gasteiger partial charge in [-0.3, -0.25) is 0 Å². The van der Waals surface area contributed by atoms with E-state index in [-0.39, 0.29) is 0 Å². The fourth-order valence-electron chi connectivity index (χ4n) is 3.44. The first-order chi connectivity index (χ1) is 10.8. The largest absolute Gasteiger partial charge is 0.488 e. The Labute approximate surface area is 132 Å². The molecule has 118 valence electrons. The monoisotopic (exact) mass is 299 g/mol. The molecule has 0 aliphatic heterocycles. The minimum atomic E-state index is 0.377. The second-order valence-electron chi connectivity index (χ2n) is 6.99. The minimum absolute atomic E-state index is 0.377. The first kappa shape index (κ1) is 14.0. The number of anilines is 1. The average Bonchev–Trinajstić information content (AvgIpc) is 3.21. The van der Waals surface area contributed by atoms with Crippen molar-refractivity contribution in [2.45, 2.75) is 76.4 Å². The highest BCUT2D eigenvalue weighted by Crippen LogP contribution is 2.35. The van der Waals surface area contributed by atoms with Gasteiger partial charge in [-0.1, -0.05) is 6.92 Å². The van der Waals surface area contributed by atoms with E-state index in [0.717, 1.165) is 30.2 Å². The van der Waals surface area contributed by atoms with Crippen molar-refractivity contribution >= 4 is 11.7 Å². The molecule has 0 saturated heterocycles. The molecule has 2 fully saturated rings. The number of nitrogens with one attached hydrogen (secondary N) is 1. The van der Waals surface area contributed by atoms with Crippen LogP contribution in [0.3, 0.4) is 0 Å². The molecular weight excluding hydrogens is 274 g/mol. The van der Waals surface area contributed by atoms with Crippen molar-refractivity contribution in [2.75, 3.05) is 5.32 Å². The molecule has 0 bridgehead atoms. The molecule has 2 saturated carbocycles. The fourth-order valence-corrected chi connectivity index (χ4v) is 3.44. The Kier molecular flexibility index (Phi) is 3.77. The van der Waals surface area contributed by atoms with Crippen molar-refractivity contribution in [1.82, 2.24) is 9.97 Å². The maximum Gasteiger partial charge on any atom is 0.223 e. The van der Waals surface area contributed by atoms with Crippen molar-refractivity contribution < 1.29 is 4.74 Å². The van der Waals surface area contributed by atoms with E-state index in [4.69, 9.17) is 9.72 Å². The van der Waals surface area contributed by atoms with E-state index in [9.17, 15) is 0 Å². The number of rotatable bonds is 4. The maximum absolute atomic E-state index is 6.33. The van der Waals surface area contributed by atoms with Crippen LogP contribution in [0.5, 0.6) is 0 Å². The predicted octanol–water partition coefficient (Wildman–Crippen LogP) is 4.25. The molecule has 0 spiro atoms. The van der Waals surface area contributed by atoms with Crippen molar-refractivity contribution in [3.8, 4) is 0 Å². The third-order valence-corrected chi connectivity index (χ3v) is 5.02. The molecule has 3 aliphatic rings. The summed E-state index contributed by atoms with van der Waals surface area (Å²) in [6, 6.07) is 0.574. The number of fused-ring (bicyclic) bond motifs is 1. The molecular formula is C18H25N3O. The Hall–Kier alpha value is -1.58. The number of hydrogen-bond donors (Lipinski definition) is 1. The summed E-state index contributed by atoms with van der Waals surface area (Å²) in [6.45, 7) is 2.27. The SMILES string of the molecule is CC1CCC=C(OC2CCCC2)c2nc(NC3CC3)ncc21. The summed E-state index contributed by atoms with van der Waals surface area (Å²) in [5, 5.41) is 3.41. The van der Waals surface area contributed by atoms with Crippen LogP contribution >= 0.6 is 0 Å². The number of ether oxygens (including phenoxy) is 1. The first-order valence-corrected chi connectivity index (χ1v) is 8.80. The Balaban J connectivity index is 1.63. The van der Waals surface area contributed by atoms with Crippen LogP contribution in [-0.2, 0) is 4.74 Å². The lowest BCUT2D eigenvalue weighted by Gasteiger charge is -2.19. The quantitative estimate of drug-likeness (QED) is 0.903. The van der Waals surface area contributed by atoms with E-state index in [2.05, 4.69) is 23.3 Å². The fraction of sp³-hybridized carbons (Fsp3) is 0.667. The molecule has 1 unspecified atom stereocenters. The lowest BCUT2D eigenvalue weighted by Crippen LogP contribution is -2.12. The van der Waals surface area contributed by atoms with Crippen molar-refractivity contribution in [3.63, 3.8) is 0 Å². The summed E-state index contributed by atoms with van der Waals surface area (Å²) in [5.74, 6) is 2.25. The minimum Gasteiger partial charge on any atom is -0.488 e. The molecule has 0 aromatic carbocycles. The van der Waals surface area contributed by atoms with Gasteiger partial charge in [-0.25, -0.2) is 9.97 Å². The highest BCUT2D eigenvalue weighted by molar-refractivity contribution is 5.62. The van der Waals surface area contributed by atoms with Gasteiger partial charge in [0.05, 0.1) is 6.10 Å². The normalized spacial score (nSPS) is 25.3. The Morgan fingerprint density at radius 2 is 1.95 bits per heavy atom. The molecule has 1 N–H and O–H groups in total. The smallest absolute Gasteiger partial charge is 0.223 e. The zero-order valence-electron chi connectivity index (χ0n) is 13.3. The zero-order valence-corrected chi connectivity index (χ0v) is 13.3. The van der Waals surface area contributed by atoms with E-state index in [1.807, 2.05) is 6.20 Å². The van der Waals surface area contributed by atoms with Crippen LogP contribution < -0.4 is 5.32 Å². The second kappa shape index (κ2) is 5.90. The van der Waals surface area contributed by atoms with Gasteiger partial charge in [0.2, 0.25) is 5.95 Å². The Morgan fingerprint density at radius 3 is 2.73 bits per heavy atom. The summed E-state index contributed by atoms with van der Waals surface area (Å²) in [5.41, 5.74) is 2.26. The van der Waals surface area contributed by atoms with Gasteiger partial charge in [0.15, 0.2) is 0 Å². The van der Waals surface area contributed by atoms with E-state index in [0.29, 0.717) is 18.1 Å². The van der Waals surface area contributed by atoms with E-state index >= 15 is 0 Å². The summed E-state index contributed by atoms with van der Waals surface area (Å²) >= 11 is 0. The lowest BCUT2D eigenvalue weighted by atomic mass is 9.98. The molecule has 0 radical (unpaired) electrons. The third kappa shape index (κ3) is 2.96. The van der Waals surface area contributed by atoms with Gasteiger partial charge in [-0.15, -0.1) is 0 Å². The molecule has 4 heteroatoms. The van der Waals surface area contributed by atoms with Crippen LogP contribution in [0.25, 0.3) is 5.76 Å². The van der Waals surface area contributed by atoms with Gasteiger partial charge >= 0.3 is 0 Å². The van der Waals surface area contributed by atoms with Crippen molar-refractivity contribution in [2.24, 2.45) is 0 Å². The lowest BCUT2D eigenvalue weighted by molar-refractivity contribution is 0.172. The second-order valence-corrected chi connectivity index (χ2v) is 6.99. The van der Waals surface area contributed by atoms with Gasteiger partial charge < -0.3 is 10.1 Å². The Bertz CT molecular complexity index is 574. The van der Waals surface area contributed by atoms with E-state index < -0.39 is 0 Å². The van der Waals surface area contributed by atoms with Gasteiger partial charge in [0, 0.05) is 17.8 Å². The molecule has 1 heterocycles. The van der Waals surface area contributed by atoms with Crippen LogP contribution in [0, 0.1) is 0 Å². The molecule has 0 amide bonds. The molecule has 3 aliphatic carbocycles. The molecule has 4 nitrogen and oxygen atoms in total. The number of allylic oxidation sites excluding steroid dienone is 1. The summed E-state index contributed by atoms with van der Waals surface area (Å²) in [4.78, 5) is 9.34. The highest BCUT2D eigenvalue weighted by Gasteiger charge is 2.26. The highest BCUT2D eigenvalue weighted by atomic mass is 16.5. The van der Waals surface area contributed by atoms with Gasteiger partial charge in [0.25, 0.3) is 0 Å². The van der Waals surface area contributed by atoms with Crippen LogP contribution in [0.15, 0.2) is 12.3 Å². The van der Waals surface area contributed by atoms with Gasteiger partial charge in [-0.2, -0.15) is 0 Å². The van der Waals surface area contributed by atoms with E-state index in [1.54, 1.807) is 0 Å². The molecule has 1 atom stereocenters. The van der Waals surface area contributed by atoms with Crippen molar-refractivity contribution in [1.29, 1.82) is 0 Å². The van der Waals surface area contributed by atoms with Crippen molar-refractivity contribution in [3.05, 3.63) is 23.5 Å². The average molecular weight is 299 g/mol. The predicted molar refractivity (Wildman–Crippen MR) is 87.6 cm³/mol. The maximum atomic E-state index is 6.33. The van der Waals surface area contributed by atoms with Crippen LogP contribution in [0.4, 0.5) is 5.95 Å². The topological polar surface area (TPSA) is 47.0 Å². The van der Waals surface area contributed by atoms with Crippen LogP contribution in [0.2, 0.25) is 0 Å². The number of aromatic nitrogens is 2. The van der Waals surface area contributed by atoms with E-state index in [1.165, 1.54) is 44.1 Å². The summed E-state index contributed by atoms with van der Waals surface area (Å²) in [6.07, 6.45) is 14.2. The third-order valence-electron chi connectivity index (χ3n) is 5.02. The first-order valence-electron chi connectivity index (χ1n) is 8.80. The summed E-state index contributed by atoms with van der Waals surface area (Å²) < 4.78 is 6.33. The van der Waals surface area contributed by atoms with Crippen LogP contribution in [0.1, 0.15) is 75.5 Å². The van der Waals surface area contributed by atoms with Gasteiger partial charge in [-0.05, 0) is 63.4 Å². The molecule has 1 aromatic heterocycles. The molecule has 1 aromatic rings. The number of hydrogen-bond acceptors (Lipinski definition) is 4. The van der Waals surface area contributed by atoms with Crippen LogP contribution in [-0.4, -0.2) is 22.1 Å². The Morgan fingerprint density at radius 1 is 1.14 bits per heavy atom. The zero-order chi connectivity index (χ0) is 14.9. The number of nitrogens with zero attached hydrogens (tertiary/aromatic N) is 2. The van der Waals surface area contributed by atoms with Gasteiger partial charge in [0.1, 0.15) is 11.5 Å². The molecule has 4 rings (SSSR count).